The molecule has 0 aliphatic heterocycles. The Labute approximate surface area is 130 Å². The smallest absolute Gasteiger partial charge is 0.315 e. The second-order valence-corrected chi connectivity index (χ2v) is 6.14. The van der Waals surface area contributed by atoms with E-state index in [2.05, 4.69) is 10.6 Å². The van der Waals surface area contributed by atoms with Crippen LogP contribution >= 0.6 is 0 Å². The number of ether oxygens (including phenoxy) is 1. The Hall–Kier alpha value is -1.82. The molecule has 0 spiro atoms. The molecule has 1 atom stereocenters. The molecule has 0 fully saturated rings. The minimum absolute atomic E-state index is 0.160. The molecule has 0 saturated heterocycles. The molecule has 1 unspecified atom stereocenters. The molecule has 0 aliphatic rings. The number of aliphatic hydroxyl groups is 1. The Balaban J connectivity index is 2.43. The number of aliphatic hydroxyl groups excluding tert-OH is 1. The van der Waals surface area contributed by atoms with Crippen LogP contribution in [0.4, 0.5) is 9.18 Å². The average Bonchev–Trinajstić information content (AvgIpc) is 2.44. The van der Waals surface area contributed by atoms with Crippen LogP contribution in [-0.2, 0) is 6.54 Å². The predicted octanol–water partition coefficient (Wildman–Crippen LogP) is 2.43. The van der Waals surface area contributed by atoms with Crippen LogP contribution in [0.5, 0.6) is 5.75 Å². The molecule has 6 heteroatoms. The van der Waals surface area contributed by atoms with Gasteiger partial charge in [0.2, 0.25) is 0 Å². The molecule has 5 nitrogen and oxygen atoms in total. The fourth-order valence-electron chi connectivity index (χ4n) is 1.67. The molecule has 0 aromatic heterocycles. The van der Waals surface area contributed by atoms with E-state index in [4.69, 9.17) is 4.74 Å². The van der Waals surface area contributed by atoms with Gasteiger partial charge in [-0.15, -0.1) is 0 Å². The Morgan fingerprint density at radius 2 is 2.05 bits per heavy atom. The lowest BCUT2D eigenvalue weighted by atomic mass is 9.89. The standard InChI is InChI=1S/C16H25FN2O3/c1-5-22-13-7-6-11(8-12(13)17)9-18-15(21)19-10-14(20)16(2,3)4/h6-8,14,20H,5,9-10H2,1-4H3,(H2,18,19,21). The van der Waals surface area contributed by atoms with E-state index in [1.165, 1.54) is 12.1 Å². The lowest BCUT2D eigenvalue weighted by Crippen LogP contribution is -2.43. The number of halogens is 1. The molecule has 1 aromatic carbocycles. The third kappa shape index (κ3) is 5.89. The quantitative estimate of drug-likeness (QED) is 0.755. The van der Waals surface area contributed by atoms with Crippen LogP contribution < -0.4 is 15.4 Å². The number of urea groups is 1. The maximum absolute atomic E-state index is 13.7. The summed E-state index contributed by atoms with van der Waals surface area (Å²) in [6.45, 7) is 8.20. The van der Waals surface area contributed by atoms with Crippen molar-refractivity contribution in [3.8, 4) is 5.75 Å². The maximum Gasteiger partial charge on any atom is 0.315 e. The third-order valence-corrected chi connectivity index (χ3v) is 3.20. The van der Waals surface area contributed by atoms with E-state index in [0.29, 0.717) is 12.2 Å². The summed E-state index contributed by atoms with van der Waals surface area (Å²) in [5, 5.41) is 15.0. The fourth-order valence-corrected chi connectivity index (χ4v) is 1.67. The van der Waals surface area contributed by atoms with Crippen LogP contribution in [-0.4, -0.2) is 30.4 Å². The summed E-state index contributed by atoms with van der Waals surface area (Å²) in [5.41, 5.74) is 0.332. The molecule has 124 valence electrons. The van der Waals surface area contributed by atoms with Crippen LogP contribution in [0.2, 0.25) is 0 Å². The second-order valence-electron chi connectivity index (χ2n) is 6.14. The van der Waals surface area contributed by atoms with Crippen LogP contribution in [0, 0.1) is 11.2 Å². The van der Waals surface area contributed by atoms with Crippen molar-refractivity contribution >= 4 is 6.03 Å². The van der Waals surface area contributed by atoms with Crippen LogP contribution in [0.25, 0.3) is 0 Å². The predicted molar refractivity (Wildman–Crippen MR) is 83.3 cm³/mol. The molecule has 3 N–H and O–H groups in total. The molecule has 0 aliphatic carbocycles. The van der Waals surface area contributed by atoms with Crippen LogP contribution in [0.15, 0.2) is 18.2 Å². The van der Waals surface area contributed by atoms with Crippen molar-refractivity contribution in [3.63, 3.8) is 0 Å². The van der Waals surface area contributed by atoms with Gasteiger partial charge in [0.15, 0.2) is 11.6 Å². The summed E-state index contributed by atoms with van der Waals surface area (Å²) in [5.74, 6) is -0.256. The monoisotopic (exact) mass is 312 g/mol. The van der Waals surface area contributed by atoms with Gasteiger partial charge in [0.05, 0.1) is 12.7 Å². The maximum atomic E-state index is 13.7. The summed E-state index contributed by atoms with van der Waals surface area (Å²) in [6.07, 6.45) is -0.638. The first-order valence-corrected chi connectivity index (χ1v) is 7.35. The second kappa shape index (κ2) is 7.98. The number of amides is 2. The molecule has 22 heavy (non-hydrogen) atoms. The topological polar surface area (TPSA) is 70.6 Å². The number of carbonyl (C=O) groups is 1. The highest BCUT2D eigenvalue weighted by Gasteiger charge is 2.22. The first kappa shape index (κ1) is 18.2. The fraction of sp³-hybridized carbons (Fsp3) is 0.562. The Morgan fingerprint density at radius 3 is 2.59 bits per heavy atom. The van der Waals surface area contributed by atoms with E-state index in [9.17, 15) is 14.3 Å². The summed E-state index contributed by atoms with van der Waals surface area (Å²) in [4.78, 5) is 11.7. The highest BCUT2D eigenvalue weighted by atomic mass is 19.1. The minimum Gasteiger partial charge on any atom is -0.491 e. The van der Waals surface area contributed by atoms with Gasteiger partial charge in [0.1, 0.15) is 0 Å². The molecular formula is C16H25FN2O3. The van der Waals surface area contributed by atoms with E-state index in [-0.39, 0.29) is 24.3 Å². The zero-order valence-electron chi connectivity index (χ0n) is 13.6. The van der Waals surface area contributed by atoms with Gasteiger partial charge >= 0.3 is 6.03 Å². The first-order chi connectivity index (χ1) is 10.2. The zero-order valence-corrected chi connectivity index (χ0v) is 13.6. The molecule has 0 saturated carbocycles. The number of benzene rings is 1. The Morgan fingerprint density at radius 1 is 1.36 bits per heavy atom. The number of carbonyl (C=O) groups excluding carboxylic acids is 1. The molecule has 1 rings (SSSR count). The molecule has 0 radical (unpaired) electrons. The molecule has 1 aromatic rings. The zero-order chi connectivity index (χ0) is 16.8. The van der Waals surface area contributed by atoms with E-state index >= 15 is 0 Å². The van der Waals surface area contributed by atoms with Crippen LogP contribution in [0.1, 0.15) is 33.3 Å². The lowest BCUT2D eigenvalue weighted by Gasteiger charge is -2.25. The molecule has 0 heterocycles. The van der Waals surface area contributed by atoms with Crippen molar-refractivity contribution in [2.24, 2.45) is 5.41 Å². The minimum atomic E-state index is -0.638. The van der Waals surface area contributed by atoms with Gasteiger partial charge in [-0.25, -0.2) is 9.18 Å². The van der Waals surface area contributed by atoms with Crippen molar-refractivity contribution in [2.45, 2.75) is 40.3 Å². The van der Waals surface area contributed by atoms with Gasteiger partial charge in [-0.3, -0.25) is 0 Å². The number of hydrogen-bond acceptors (Lipinski definition) is 3. The molecule has 0 bridgehead atoms. The molecule has 2 amide bonds. The van der Waals surface area contributed by atoms with Gasteiger partial charge in [-0.1, -0.05) is 26.8 Å². The number of hydrogen-bond donors (Lipinski definition) is 3. The van der Waals surface area contributed by atoms with E-state index in [1.807, 2.05) is 20.8 Å². The average molecular weight is 312 g/mol. The van der Waals surface area contributed by atoms with Gasteiger partial charge in [-0.05, 0) is 30.0 Å². The number of nitrogens with one attached hydrogen (secondary N) is 2. The highest BCUT2D eigenvalue weighted by molar-refractivity contribution is 5.73. The Bertz CT molecular complexity index is 501. The third-order valence-electron chi connectivity index (χ3n) is 3.20. The van der Waals surface area contributed by atoms with E-state index in [0.717, 1.165) is 0 Å². The lowest BCUT2D eigenvalue weighted by molar-refractivity contribution is 0.0650. The summed E-state index contributed by atoms with van der Waals surface area (Å²) in [6, 6.07) is 4.16. The highest BCUT2D eigenvalue weighted by Crippen LogP contribution is 2.19. The normalized spacial score (nSPS) is 12.6. The first-order valence-electron chi connectivity index (χ1n) is 7.35. The van der Waals surface area contributed by atoms with Crippen molar-refractivity contribution in [1.82, 2.24) is 10.6 Å². The Kier molecular flexibility index (Phi) is 6.61. The van der Waals surface area contributed by atoms with Crippen molar-refractivity contribution in [2.75, 3.05) is 13.2 Å². The summed E-state index contributed by atoms with van der Waals surface area (Å²) >= 11 is 0. The van der Waals surface area contributed by atoms with Gasteiger partial charge in [0, 0.05) is 13.1 Å². The van der Waals surface area contributed by atoms with Crippen LogP contribution in [0.3, 0.4) is 0 Å². The largest absolute Gasteiger partial charge is 0.491 e. The van der Waals surface area contributed by atoms with E-state index < -0.39 is 18.0 Å². The van der Waals surface area contributed by atoms with Crippen molar-refractivity contribution in [1.29, 1.82) is 0 Å². The number of rotatable bonds is 6. The SMILES string of the molecule is CCOc1ccc(CNC(=O)NCC(O)C(C)(C)C)cc1F. The van der Waals surface area contributed by atoms with Crippen molar-refractivity contribution in [3.05, 3.63) is 29.6 Å². The summed E-state index contributed by atoms with van der Waals surface area (Å²) in [7, 11) is 0. The van der Waals surface area contributed by atoms with E-state index in [1.54, 1.807) is 13.0 Å². The molecular weight excluding hydrogens is 287 g/mol. The van der Waals surface area contributed by atoms with Gasteiger partial charge in [0.25, 0.3) is 0 Å². The van der Waals surface area contributed by atoms with Gasteiger partial charge in [-0.2, -0.15) is 0 Å². The van der Waals surface area contributed by atoms with Crippen molar-refractivity contribution < 1.29 is 19.0 Å². The van der Waals surface area contributed by atoms with Gasteiger partial charge < -0.3 is 20.5 Å². The summed E-state index contributed by atoms with van der Waals surface area (Å²) < 4.78 is 18.8.